The third kappa shape index (κ3) is 2.27. The molecule has 0 aromatic heterocycles. The van der Waals surface area contributed by atoms with Crippen molar-refractivity contribution in [3.05, 3.63) is 24.3 Å². The predicted octanol–water partition coefficient (Wildman–Crippen LogP) is 1.35. The highest BCUT2D eigenvalue weighted by molar-refractivity contribution is 5.82. The summed E-state index contributed by atoms with van der Waals surface area (Å²) in [6.07, 6.45) is -0.558. The molecule has 2 rings (SSSR count). The number of para-hydroxylation sites is 2. The quantitative estimate of drug-likeness (QED) is 0.820. The van der Waals surface area contributed by atoms with E-state index in [4.69, 9.17) is 9.47 Å². The van der Waals surface area contributed by atoms with Crippen LogP contribution in [-0.2, 0) is 4.79 Å². The van der Waals surface area contributed by atoms with Gasteiger partial charge in [-0.15, -0.1) is 0 Å². The number of nitrogens with one attached hydrogen (secondary N) is 1. The highest BCUT2D eigenvalue weighted by atomic mass is 16.6. The number of carbonyl (C=O) groups excluding carboxylic acids is 1. The molecule has 1 atom stereocenters. The number of benzene rings is 1. The maximum atomic E-state index is 11.7. The summed E-state index contributed by atoms with van der Waals surface area (Å²) in [4.78, 5) is 11.7. The lowest BCUT2D eigenvalue weighted by Gasteiger charge is -2.26. The number of rotatable bonds is 2. The molecular formula is C12H15NO3. The maximum Gasteiger partial charge on any atom is 0.264 e. The van der Waals surface area contributed by atoms with Gasteiger partial charge < -0.3 is 14.8 Å². The smallest absolute Gasteiger partial charge is 0.264 e. The molecule has 0 fully saturated rings. The molecule has 4 nitrogen and oxygen atoms in total. The minimum atomic E-state index is -0.558. The third-order valence-electron chi connectivity index (χ3n) is 2.23. The largest absolute Gasteiger partial charge is 0.485 e. The summed E-state index contributed by atoms with van der Waals surface area (Å²) in [5, 5.41) is 2.80. The monoisotopic (exact) mass is 221 g/mol. The van der Waals surface area contributed by atoms with Gasteiger partial charge in [-0.2, -0.15) is 0 Å². The lowest BCUT2D eigenvalue weighted by Crippen LogP contribution is -2.46. The van der Waals surface area contributed by atoms with Crippen molar-refractivity contribution in [1.82, 2.24) is 5.32 Å². The summed E-state index contributed by atoms with van der Waals surface area (Å²) in [7, 11) is 0. The van der Waals surface area contributed by atoms with Crippen LogP contribution in [0.25, 0.3) is 0 Å². The van der Waals surface area contributed by atoms with Crippen LogP contribution in [-0.4, -0.2) is 24.7 Å². The molecule has 1 aromatic carbocycles. The molecule has 0 saturated carbocycles. The van der Waals surface area contributed by atoms with E-state index in [1.165, 1.54) is 0 Å². The van der Waals surface area contributed by atoms with Gasteiger partial charge in [-0.05, 0) is 26.0 Å². The average molecular weight is 221 g/mol. The second-order valence-corrected chi connectivity index (χ2v) is 4.03. The van der Waals surface area contributed by atoms with E-state index in [1.807, 2.05) is 32.0 Å². The molecule has 16 heavy (non-hydrogen) atoms. The van der Waals surface area contributed by atoms with Gasteiger partial charge in [0.25, 0.3) is 5.91 Å². The van der Waals surface area contributed by atoms with E-state index in [2.05, 4.69) is 5.32 Å². The Morgan fingerprint density at radius 2 is 2.06 bits per heavy atom. The molecule has 86 valence electrons. The SMILES string of the molecule is CC(C)NC(=O)[C@H]1COc2ccccc2O1. The van der Waals surface area contributed by atoms with Crippen molar-refractivity contribution in [2.45, 2.75) is 26.0 Å². The summed E-state index contributed by atoms with van der Waals surface area (Å²) in [6.45, 7) is 4.08. The molecule has 1 aromatic rings. The number of ether oxygens (including phenoxy) is 2. The van der Waals surface area contributed by atoms with Gasteiger partial charge in [-0.25, -0.2) is 0 Å². The zero-order valence-electron chi connectivity index (χ0n) is 9.40. The lowest BCUT2D eigenvalue weighted by atomic mass is 10.2. The lowest BCUT2D eigenvalue weighted by molar-refractivity contribution is -0.130. The molecule has 1 aliphatic rings. The van der Waals surface area contributed by atoms with Crippen molar-refractivity contribution < 1.29 is 14.3 Å². The van der Waals surface area contributed by atoms with Crippen molar-refractivity contribution in [3.63, 3.8) is 0 Å². The second kappa shape index (κ2) is 4.43. The van der Waals surface area contributed by atoms with Gasteiger partial charge >= 0.3 is 0 Å². The zero-order chi connectivity index (χ0) is 11.5. The molecule has 4 heteroatoms. The van der Waals surface area contributed by atoms with Crippen LogP contribution in [0.3, 0.4) is 0 Å². The standard InChI is InChI=1S/C12H15NO3/c1-8(2)13-12(14)11-7-15-9-5-3-4-6-10(9)16-11/h3-6,8,11H,7H2,1-2H3,(H,13,14)/t11-/m1/s1. The summed E-state index contributed by atoms with van der Waals surface area (Å²) >= 11 is 0. The molecule has 0 saturated heterocycles. The fourth-order valence-corrected chi connectivity index (χ4v) is 1.53. The van der Waals surface area contributed by atoms with Crippen LogP contribution in [0.4, 0.5) is 0 Å². The molecule has 1 heterocycles. The van der Waals surface area contributed by atoms with Crippen molar-refractivity contribution in [2.75, 3.05) is 6.61 Å². The summed E-state index contributed by atoms with van der Waals surface area (Å²) in [5.74, 6) is 1.18. The Balaban J connectivity index is 2.05. The first-order valence-electron chi connectivity index (χ1n) is 5.35. The second-order valence-electron chi connectivity index (χ2n) is 4.03. The van der Waals surface area contributed by atoms with Gasteiger partial charge in [0.2, 0.25) is 6.10 Å². The van der Waals surface area contributed by atoms with Crippen molar-refractivity contribution in [2.24, 2.45) is 0 Å². The Labute approximate surface area is 94.6 Å². The Morgan fingerprint density at radius 3 is 2.75 bits per heavy atom. The van der Waals surface area contributed by atoms with Crippen molar-refractivity contribution in [3.8, 4) is 11.5 Å². The molecule has 0 radical (unpaired) electrons. The van der Waals surface area contributed by atoms with Crippen LogP contribution in [0.2, 0.25) is 0 Å². The normalized spacial score (nSPS) is 18.3. The van der Waals surface area contributed by atoms with Crippen LogP contribution in [0, 0.1) is 0 Å². The minimum Gasteiger partial charge on any atom is -0.485 e. The van der Waals surface area contributed by atoms with E-state index in [9.17, 15) is 4.79 Å². The number of hydrogen-bond donors (Lipinski definition) is 1. The highest BCUT2D eigenvalue weighted by Gasteiger charge is 2.27. The van der Waals surface area contributed by atoms with Gasteiger partial charge in [-0.3, -0.25) is 4.79 Å². The summed E-state index contributed by atoms with van der Waals surface area (Å²) < 4.78 is 11.0. The van der Waals surface area contributed by atoms with Crippen molar-refractivity contribution in [1.29, 1.82) is 0 Å². The number of carbonyl (C=O) groups is 1. The van der Waals surface area contributed by atoms with Crippen LogP contribution >= 0.6 is 0 Å². The number of fused-ring (bicyclic) bond motifs is 1. The third-order valence-corrected chi connectivity index (χ3v) is 2.23. The first-order valence-corrected chi connectivity index (χ1v) is 5.35. The molecule has 0 aliphatic carbocycles. The van der Waals surface area contributed by atoms with Crippen LogP contribution in [0.5, 0.6) is 11.5 Å². The van der Waals surface area contributed by atoms with Crippen LogP contribution < -0.4 is 14.8 Å². The summed E-state index contributed by atoms with van der Waals surface area (Å²) in [5.41, 5.74) is 0. The zero-order valence-corrected chi connectivity index (χ0v) is 9.40. The van der Waals surface area contributed by atoms with Gasteiger partial charge in [0.1, 0.15) is 6.61 Å². The topological polar surface area (TPSA) is 47.6 Å². The van der Waals surface area contributed by atoms with E-state index in [1.54, 1.807) is 6.07 Å². The predicted molar refractivity (Wildman–Crippen MR) is 59.6 cm³/mol. The van der Waals surface area contributed by atoms with Crippen molar-refractivity contribution >= 4 is 5.91 Å². The van der Waals surface area contributed by atoms with Gasteiger partial charge in [0, 0.05) is 6.04 Å². The van der Waals surface area contributed by atoms with E-state index in [0.29, 0.717) is 11.5 Å². The number of amides is 1. The fraction of sp³-hybridized carbons (Fsp3) is 0.417. The fourth-order valence-electron chi connectivity index (χ4n) is 1.53. The molecule has 0 unspecified atom stereocenters. The van der Waals surface area contributed by atoms with Crippen LogP contribution in [0.15, 0.2) is 24.3 Å². The molecule has 1 aliphatic heterocycles. The highest BCUT2D eigenvalue weighted by Crippen LogP contribution is 2.30. The number of hydrogen-bond acceptors (Lipinski definition) is 3. The first kappa shape index (κ1) is 10.8. The Morgan fingerprint density at radius 1 is 1.38 bits per heavy atom. The van der Waals surface area contributed by atoms with Gasteiger partial charge in [0.05, 0.1) is 0 Å². The Hall–Kier alpha value is -1.71. The molecule has 1 N–H and O–H groups in total. The molecule has 1 amide bonds. The maximum absolute atomic E-state index is 11.7. The Kier molecular flexibility index (Phi) is 2.99. The van der Waals surface area contributed by atoms with Crippen LogP contribution in [0.1, 0.15) is 13.8 Å². The molecule has 0 spiro atoms. The minimum absolute atomic E-state index is 0.105. The van der Waals surface area contributed by atoms with E-state index < -0.39 is 6.10 Å². The van der Waals surface area contributed by atoms with E-state index in [-0.39, 0.29) is 18.6 Å². The first-order chi connectivity index (χ1) is 7.66. The summed E-state index contributed by atoms with van der Waals surface area (Å²) in [6, 6.07) is 7.45. The van der Waals surface area contributed by atoms with E-state index >= 15 is 0 Å². The molecular weight excluding hydrogens is 206 g/mol. The van der Waals surface area contributed by atoms with E-state index in [0.717, 1.165) is 0 Å². The average Bonchev–Trinajstić information content (AvgIpc) is 2.27. The molecule has 0 bridgehead atoms. The Bertz CT molecular complexity index is 390. The van der Waals surface area contributed by atoms with Gasteiger partial charge in [0.15, 0.2) is 11.5 Å². The van der Waals surface area contributed by atoms with Gasteiger partial charge in [-0.1, -0.05) is 12.1 Å².